The maximum absolute atomic E-state index is 11.1. The number of amides is 1. The molecule has 0 bridgehead atoms. The van der Waals surface area contributed by atoms with E-state index in [4.69, 9.17) is 9.47 Å². The summed E-state index contributed by atoms with van der Waals surface area (Å²) >= 11 is 0. The van der Waals surface area contributed by atoms with E-state index in [2.05, 4.69) is 88.4 Å². The Morgan fingerprint density at radius 1 is 0.548 bits per heavy atom. The maximum Gasteiger partial charge on any atom is 0.219 e. The first-order valence-corrected chi connectivity index (χ1v) is 17.3. The summed E-state index contributed by atoms with van der Waals surface area (Å²) < 4.78 is 10.6. The Bertz CT molecular complexity index is 684. The number of nitrogens with zero attached hydrogens (tertiary/aromatic N) is 1. The molecule has 4 rings (SSSR count). The summed E-state index contributed by atoms with van der Waals surface area (Å²) in [7, 11) is 0. The molecule has 1 N–H and O–H groups in total. The van der Waals surface area contributed by atoms with Gasteiger partial charge in [-0.25, -0.2) is 0 Å². The highest BCUT2D eigenvalue weighted by Crippen LogP contribution is 2.35. The standard InChI is InChI=1S/C11H21NO.C9H19N.C9H18O.C8H16O/c1-9(13)12-7-5-10(6-8-12)11(2,3)4;2*1-9(2,3)8-4-6-10-7-5-8;1-8(2,3)7-4-5-9-6-7/h10H,5-8H2,1-4H3;8,10H,4-7H2,1-3H3;8H,4-7H2,1-3H3;7H,4-6H2,1-3H3. The zero-order valence-electron chi connectivity index (χ0n) is 30.6. The average molecular weight is 595 g/mol. The lowest BCUT2D eigenvalue weighted by Crippen LogP contribution is -2.40. The van der Waals surface area contributed by atoms with Gasteiger partial charge in [0.15, 0.2) is 0 Å². The average Bonchev–Trinajstić information content (AvgIpc) is 3.46. The molecule has 1 unspecified atom stereocenters. The monoisotopic (exact) mass is 595 g/mol. The number of rotatable bonds is 0. The minimum Gasteiger partial charge on any atom is -0.381 e. The molecule has 1 atom stereocenters. The van der Waals surface area contributed by atoms with E-state index in [1.807, 2.05) is 4.90 Å². The van der Waals surface area contributed by atoms with E-state index in [1.165, 1.54) is 58.0 Å². The van der Waals surface area contributed by atoms with Crippen LogP contribution in [0.15, 0.2) is 0 Å². The van der Waals surface area contributed by atoms with Crippen molar-refractivity contribution in [1.82, 2.24) is 10.2 Å². The fraction of sp³-hybridized carbons (Fsp3) is 0.973. The summed E-state index contributed by atoms with van der Waals surface area (Å²) in [6.45, 7) is 37.7. The van der Waals surface area contributed by atoms with Crippen molar-refractivity contribution >= 4 is 5.91 Å². The lowest BCUT2D eigenvalue weighted by molar-refractivity contribution is -0.130. The van der Waals surface area contributed by atoms with Gasteiger partial charge in [0.1, 0.15) is 0 Å². The Labute approximate surface area is 263 Å². The van der Waals surface area contributed by atoms with Crippen LogP contribution in [-0.2, 0) is 14.3 Å². The molecule has 0 saturated carbocycles. The number of carbonyl (C=O) groups excluding carboxylic acids is 1. The fourth-order valence-corrected chi connectivity index (χ4v) is 6.53. The normalized spacial score (nSPS) is 23.5. The molecule has 42 heavy (non-hydrogen) atoms. The molecular formula is C37H74N2O3. The first kappa shape index (κ1) is 39.4. The van der Waals surface area contributed by atoms with Crippen LogP contribution in [0.3, 0.4) is 0 Å². The third kappa shape index (κ3) is 15.9. The zero-order chi connectivity index (χ0) is 32.2. The lowest BCUT2D eigenvalue weighted by atomic mass is 9.75. The lowest BCUT2D eigenvalue weighted by Gasteiger charge is -2.38. The van der Waals surface area contributed by atoms with Crippen LogP contribution in [0.25, 0.3) is 0 Å². The zero-order valence-corrected chi connectivity index (χ0v) is 30.6. The molecule has 4 aliphatic heterocycles. The van der Waals surface area contributed by atoms with E-state index < -0.39 is 0 Å². The summed E-state index contributed by atoms with van der Waals surface area (Å²) in [5, 5.41) is 3.39. The summed E-state index contributed by atoms with van der Waals surface area (Å²) in [6, 6.07) is 0. The Balaban J connectivity index is 0.000000283. The van der Waals surface area contributed by atoms with Crippen molar-refractivity contribution < 1.29 is 14.3 Å². The van der Waals surface area contributed by atoms with Gasteiger partial charge in [-0.2, -0.15) is 0 Å². The number of piperidine rings is 2. The number of hydrogen-bond acceptors (Lipinski definition) is 4. The van der Waals surface area contributed by atoms with Gasteiger partial charge in [0, 0.05) is 46.4 Å². The smallest absolute Gasteiger partial charge is 0.219 e. The SMILES string of the molecule is CC(=O)N1CCC(C(C)(C)C)CC1.CC(C)(C)C1CCNCC1.CC(C)(C)C1CCOC1.CC(C)(C)C1CCOCC1. The van der Waals surface area contributed by atoms with Gasteiger partial charge in [0.25, 0.3) is 0 Å². The minimum absolute atomic E-state index is 0.229. The molecule has 250 valence electrons. The molecule has 0 aliphatic carbocycles. The van der Waals surface area contributed by atoms with Gasteiger partial charge >= 0.3 is 0 Å². The Morgan fingerprint density at radius 3 is 1.19 bits per heavy atom. The van der Waals surface area contributed by atoms with Crippen LogP contribution in [0, 0.1) is 45.3 Å². The topological polar surface area (TPSA) is 50.8 Å². The van der Waals surface area contributed by atoms with Crippen molar-refractivity contribution in [3.05, 3.63) is 0 Å². The van der Waals surface area contributed by atoms with Crippen LogP contribution in [0.4, 0.5) is 0 Å². The summed E-state index contributed by atoms with van der Waals surface area (Å²) in [4.78, 5) is 13.0. The second kappa shape index (κ2) is 17.7. The molecule has 0 aromatic carbocycles. The molecule has 4 heterocycles. The molecule has 5 heteroatoms. The van der Waals surface area contributed by atoms with Gasteiger partial charge in [-0.05, 0) is 103 Å². The van der Waals surface area contributed by atoms with Crippen LogP contribution in [-0.4, -0.2) is 63.4 Å². The first-order valence-electron chi connectivity index (χ1n) is 17.3. The van der Waals surface area contributed by atoms with Crippen molar-refractivity contribution in [3.8, 4) is 0 Å². The van der Waals surface area contributed by atoms with E-state index >= 15 is 0 Å². The van der Waals surface area contributed by atoms with Gasteiger partial charge in [0.2, 0.25) is 5.91 Å². The first-order chi connectivity index (χ1) is 19.2. The fourth-order valence-electron chi connectivity index (χ4n) is 6.53. The highest BCUT2D eigenvalue weighted by molar-refractivity contribution is 5.73. The largest absolute Gasteiger partial charge is 0.381 e. The maximum atomic E-state index is 11.1. The second-order valence-corrected chi connectivity index (χ2v) is 17.7. The van der Waals surface area contributed by atoms with Gasteiger partial charge in [0.05, 0.1) is 0 Å². The van der Waals surface area contributed by atoms with Crippen molar-refractivity contribution in [2.45, 2.75) is 135 Å². The molecule has 4 aliphatic rings. The summed E-state index contributed by atoms with van der Waals surface area (Å²) in [6.07, 6.45) is 8.83. The Kier molecular flexibility index (Phi) is 16.6. The van der Waals surface area contributed by atoms with E-state index in [0.29, 0.717) is 21.7 Å². The summed E-state index contributed by atoms with van der Waals surface area (Å²) in [5.41, 5.74) is 1.88. The van der Waals surface area contributed by atoms with E-state index in [1.54, 1.807) is 6.92 Å². The van der Waals surface area contributed by atoms with Crippen molar-refractivity contribution in [1.29, 1.82) is 0 Å². The van der Waals surface area contributed by atoms with Crippen molar-refractivity contribution in [2.24, 2.45) is 45.3 Å². The van der Waals surface area contributed by atoms with Gasteiger partial charge < -0.3 is 19.7 Å². The van der Waals surface area contributed by atoms with Gasteiger partial charge in [-0.15, -0.1) is 0 Å². The Hall–Kier alpha value is -0.650. The van der Waals surface area contributed by atoms with Crippen LogP contribution < -0.4 is 5.32 Å². The molecule has 0 spiro atoms. The molecule has 5 nitrogen and oxygen atoms in total. The van der Waals surface area contributed by atoms with Crippen LogP contribution in [0.1, 0.15) is 135 Å². The third-order valence-corrected chi connectivity index (χ3v) is 10.3. The van der Waals surface area contributed by atoms with Crippen LogP contribution in [0.5, 0.6) is 0 Å². The number of ether oxygens (including phenoxy) is 2. The molecule has 1 amide bonds. The second-order valence-electron chi connectivity index (χ2n) is 17.7. The van der Waals surface area contributed by atoms with Crippen LogP contribution in [0.2, 0.25) is 0 Å². The minimum atomic E-state index is 0.229. The van der Waals surface area contributed by atoms with E-state index in [-0.39, 0.29) is 5.91 Å². The number of nitrogens with one attached hydrogen (secondary N) is 1. The predicted molar refractivity (Wildman–Crippen MR) is 181 cm³/mol. The molecule has 0 aromatic rings. The van der Waals surface area contributed by atoms with Gasteiger partial charge in [-0.1, -0.05) is 83.1 Å². The molecular weight excluding hydrogens is 520 g/mol. The van der Waals surface area contributed by atoms with E-state index in [9.17, 15) is 4.79 Å². The highest BCUT2D eigenvalue weighted by Gasteiger charge is 2.30. The van der Waals surface area contributed by atoms with Gasteiger partial charge in [-0.3, -0.25) is 4.79 Å². The highest BCUT2D eigenvalue weighted by atomic mass is 16.5. The third-order valence-electron chi connectivity index (χ3n) is 10.3. The Morgan fingerprint density at radius 2 is 0.905 bits per heavy atom. The number of likely N-dealkylation sites (tertiary alicyclic amines) is 1. The number of carbonyl (C=O) groups is 1. The molecule has 4 saturated heterocycles. The van der Waals surface area contributed by atoms with Crippen LogP contribution >= 0.6 is 0 Å². The molecule has 0 aromatic heterocycles. The molecule has 0 radical (unpaired) electrons. The number of hydrogen-bond donors (Lipinski definition) is 1. The molecule has 4 fully saturated rings. The van der Waals surface area contributed by atoms with Crippen molar-refractivity contribution in [3.63, 3.8) is 0 Å². The summed E-state index contributed by atoms with van der Waals surface area (Å²) in [5.74, 6) is 3.61. The van der Waals surface area contributed by atoms with E-state index in [0.717, 1.165) is 63.2 Å². The predicted octanol–water partition coefficient (Wildman–Crippen LogP) is 8.85. The van der Waals surface area contributed by atoms with Crippen molar-refractivity contribution in [2.75, 3.05) is 52.6 Å². The quantitative estimate of drug-likeness (QED) is 0.304.